The number of aliphatic carboxylic acids is 1. The third kappa shape index (κ3) is 2.69. The van der Waals surface area contributed by atoms with E-state index in [1.165, 1.54) is 0 Å². The molecule has 2 N–H and O–H groups in total. The first-order valence-electron chi connectivity index (χ1n) is 4.93. The summed E-state index contributed by atoms with van der Waals surface area (Å²) in [6.07, 6.45) is 1.13. The molecular weight excluding hydrogens is 196 g/mol. The Kier molecular flexibility index (Phi) is 3.67. The third-order valence-corrected chi connectivity index (χ3v) is 2.79. The summed E-state index contributed by atoms with van der Waals surface area (Å²) in [5.41, 5.74) is 0. The maximum absolute atomic E-state index is 11.5. The van der Waals surface area contributed by atoms with Crippen LogP contribution in [0.2, 0.25) is 0 Å². The summed E-state index contributed by atoms with van der Waals surface area (Å²) >= 11 is 0. The summed E-state index contributed by atoms with van der Waals surface area (Å²) in [6.45, 7) is 1.88. The van der Waals surface area contributed by atoms with Crippen molar-refractivity contribution in [3.63, 3.8) is 0 Å². The molecule has 3 atom stereocenters. The summed E-state index contributed by atoms with van der Waals surface area (Å²) in [6, 6.07) is 1.80. The van der Waals surface area contributed by atoms with Crippen LogP contribution < -0.4 is 5.32 Å². The van der Waals surface area contributed by atoms with E-state index < -0.39 is 17.8 Å². The average molecular weight is 210 g/mol. The van der Waals surface area contributed by atoms with Gasteiger partial charge in [-0.3, -0.25) is 9.59 Å². The van der Waals surface area contributed by atoms with Crippen LogP contribution in [0.4, 0.5) is 0 Å². The largest absolute Gasteiger partial charge is 0.481 e. The summed E-state index contributed by atoms with van der Waals surface area (Å²) in [5.74, 6) is -2.06. The van der Waals surface area contributed by atoms with Crippen LogP contribution in [0.1, 0.15) is 19.8 Å². The van der Waals surface area contributed by atoms with Crippen molar-refractivity contribution >= 4 is 11.9 Å². The van der Waals surface area contributed by atoms with Crippen molar-refractivity contribution in [3.8, 4) is 6.07 Å². The molecule has 1 saturated carbocycles. The molecule has 0 aliphatic heterocycles. The first kappa shape index (κ1) is 11.5. The fourth-order valence-electron chi connectivity index (χ4n) is 2.11. The third-order valence-electron chi connectivity index (χ3n) is 2.79. The molecule has 5 heteroatoms. The minimum Gasteiger partial charge on any atom is -0.481 e. The molecule has 5 nitrogen and oxygen atoms in total. The molecule has 1 fully saturated rings. The number of nitrogens with zero attached hydrogens (tertiary/aromatic N) is 1. The Morgan fingerprint density at radius 1 is 1.47 bits per heavy atom. The number of hydrogen-bond donors (Lipinski definition) is 2. The number of nitriles is 1. The minimum atomic E-state index is -0.920. The molecule has 1 rings (SSSR count). The summed E-state index contributed by atoms with van der Waals surface area (Å²) in [4.78, 5) is 22.4. The van der Waals surface area contributed by atoms with E-state index >= 15 is 0 Å². The molecule has 0 heterocycles. The van der Waals surface area contributed by atoms with Crippen LogP contribution in [0.3, 0.4) is 0 Å². The molecule has 0 saturated heterocycles. The topological polar surface area (TPSA) is 90.2 Å². The van der Waals surface area contributed by atoms with E-state index in [2.05, 4.69) is 5.32 Å². The molecule has 0 radical (unpaired) electrons. The van der Waals surface area contributed by atoms with Crippen molar-refractivity contribution in [1.82, 2.24) is 5.32 Å². The molecule has 0 spiro atoms. The Hall–Kier alpha value is -1.57. The molecule has 1 aliphatic carbocycles. The number of rotatable bonds is 3. The Labute approximate surface area is 88.1 Å². The van der Waals surface area contributed by atoms with E-state index in [9.17, 15) is 9.59 Å². The minimum absolute atomic E-state index is 0.0595. The molecule has 82 valence electrons. The quantitative estimate of drug-likeness (QED) is 0.658. The number of amides is 1. The molecule has 1 aliphatic rings. The van der Waals surface area contributed by atoms with Gasteiger partial charge in [-0.15, -0.1) is 0 Å². The van der Waals surface area contributed by atoms with Gasteiger partial charge in [0.25, 0.3) is 0 Å². The summed E-state index contributed by atoms with van der Waals surface area (Å²) < 4.78 is 0. The van der Waals surface area contributed by atoms with Crippen LogP contribution in [0, 0.1) is 29.1 Å². The molecule has 0 aromatic rings. The van der Waals surface area contributed by atoms with Gasteiger partial charge in [-0.25, -0.2) is 0 Å². The smallest absolute Gasteiger partial charge is 0.307 e. The number of nitrogens with one attached hydrogen (secondary N) is 1. The van der Waals surface area contributed by atoms with Gasteiger partial charge in [0.05, 0.1) is 17.9 Å². The van der Waals surface area contributed by atoms with Gasteiger partial charge in [0.15, 0.2) is 0 Å². The van der Waals surface area contributed by atoms with Gasteiger partial charge in [0.1, 0.15) is 6.54 Å². The Morgan fingerprint density at radius 3 is 2.60 bits per heavy atom. The number of carbonyl (C=O) groups is 2. The van der Waals surface area contributed by atoms with Crippen LogP contribution in [-0.2, 0) is 9.59 Å². The van der Waals surface area contributed by atoms with Crippen molar-refractivity contribution in [2.24, 2.45) is 17.8 Å². The lowest BCUT2D eigenvalue weighted by molar-refractivity contribution is -0.146. The predicted molar refractivity (Wildman–Crippen MR) is 51.6 cm³/mol. The van der Waals surface area contributed by atoms with Gasteiger partial charge in [0, 0.05) is 0 Å². The molecule has 3 unspecified atom stereocenters. The number of carboxylic acid groups (broad SMARTS) is 1. The highest BCUT2D eigenvalue weighted by Gasteiger charge is 2.40. The van der Waals surface area contributed by atoms with Gasteiger partial charge in [-0.2, -0.15) is 5.26 Å². The van der Waals surface area contributed by atoms with Crippen molar-refractivity contribution in [3.05, 3.63) is 0 Å². The van der Waals surface area contributed by atoms with Gasteiger partial charge in [-0.1, -0.05) is 6.92 Å². The number of hydrogen-bond acceptors (Lipinski definition) is 3. The number of carbonyl (C=O) groups excluding carboxylic acids is 1. The zero-order valence-corrected chi connectivity index (χ0v) is 8.56. The van der Waals surface area contributed by atoms with Crippen molar-refractivity contribution in [2.45, 2.75) is 19.8 Å². The molecule has 0 aromatic heterocycles. The maximum atomic E-state index is 11.5. The van der Waals surface area contributed by atoms with Crippen LogP contribution in [0.15, 0.2) is 0 Å². The van der Waals surface area contributed by atoms with Gasteiger partial charge in [0.2, 0.25) is 5.91 Å². The maximum Gasteiger partial charge on any atom is 0.307 e. The van der Waals surface area contributed by atoms with Gasteiger partial charge < -0.3 is 10.4 Å². The average Bonchev–Trinajstić information content (AvgIpc) is 2.57. The van der Waals surface area contributed by atoms with Crippen LogP contribution in [0.5, 0.6) is 0 Å². The van der Waals surface area contributed by atoms with E-state index in [0.717, 1.165) is 0 Å². The van der Waals surface area contributed by atoms with E-state index in [1.54, 1.807) is 6.07 Å². The highest BCUT2D eigenvalue weighted by molar-refractivity contribution is 5.85. The van der Waals surface area contributed by atoms with E-state index in [1.807, 2.05) is 6.92 Å². The molecule has 0 aromatic carbocycles. The monoisotopic (exact) mass is 210 g/mol. The van der Waals surface area contributed by atoms with E-state index in [4.69, 9.17) is 10.4 Å². The summed E-state index contributed by atoms with van der Waals surface area (Å²) in [5, 5.41) is 19.7. The Morgan fingerprint density at radius 2 is 2.07 bits per heavy atom. The predicted octanol–water partition coefficient (Wildman–Crippen LogP) is 0.373. The number of carboxylic acids is 1. The Bertz CT molecular complexity index is 308. The highest BCUT2D eigenvalue weighted by Crippen LogP contribution is 2.36. The van der Waals surface area contributed by atoms with Gasteiger partial charge >= 0.3 is 5.97 Å². The highest BCUT2D eigenvalue weighted by atomic mass is 16.4. The molecule has 1 amide bonds. The lowest BCUT2D eigenvalue weighted by Gasteiger charge is -2.13. The molecule has 15 heavy (non-hydrogen) atoms. The summed E-state index contributed by atoms with van der Waals surface area (Å²) in [7, 11) is 0. The first-order chi connectivity index (χ1) is 7.06. The molecular formula is C10H14N2O3. The van der Waals surface area contributed by atoms with Gasteiger partial charge in [-0.05, 0) is 18.8 Å². The lowest BCUT2D eigenvalue weighted by atomic mass is 9.95. The molecule has 0 bridgehead atoms. The fourth-order valence-corrected chi connectivity index (χ4v) is 2.11. The van der Waals surface area contributed by atoms with Crippen molar-refractivity contribution in [2.75, 3.05) is 6.54 Å². The normalized spacial score (nSPS) is 29.5. The zero-order valence-electron chi connectivity index (χ0n) is 8.56. The SMILES string of the molecule is CC1CC(C(=O)O)C(C(=O)NCC#N)C1. The standard InChI is InChI=1S/C10H14N2O3/c1-6-4-7(8(5-6)10(14)15)9(13)12-3-2-11/h6-8H,3-5H2,1H3,(H,12,13)(H,14,15). The second-order valence-electron chi connectivity index (χ2n) is 4.00. The zero-order chi connectivity index (χ0) is 11.4. The van der Waals surface area contributed by atoms with Crippen molar-refractivity contribution < 1.29 is 14.7 Å². The lowest BCUT2D eigenvalue weighted by Crippen LogP contribution is -2.35. The van der Waals surface area contributed by atoms with E-state index in [0.29, 0.717) is 12.8 Å². The van der Waals surface area contributed by atoms with Crippen LogP contribution >= 0.6 is 0 Å². The second-order valence-corrected chi connectivity index (χ2v) is 4.00. The second kappa shape index (κ2) is 4.78. The fraction of sp³-hybridized carbons (Fsp3) is 0.700. The Balaban J connectivity index is 2.63. The van der Waals surface area contributed by atoms with Crippen molar-refractivity contribution in [1.29, 1.82) is 5.26 Å². The van der Waals surface area contributed by atoms with Crippen LogP contribution in [0.25, 0.3) is 0 Å². The van der Waals surface area contributed by atoms with E-state index in [-0.39, 0.29) is 18.4 Å². The first-order valence-corrected chi connectivity index (χ1v) is 4.93. The van der Waals surface area contributed by atoms with Crippen LogP contribution in [-0.4, -0.2) is 23.5 Å².